The van der Waals surface area contributed by atoms with E-state index >= 15 is 0 Å². The number of fused-ring (bicyclic) bond motifs is 1. The molecule has 0 spiro atoms. The van der Waals surface area contributed by atoms with E-state index in [-0.39, 0.29) is 11.3 Å². The molecule has 206 valence electrons. The average molecular weight is 542 g/mol. The predicted octanol–water partition coefficient (Wildman–Crippen LogP) is 6.87. The number of hydrogen-bond acceptors (Lipinski definition) is 6. The summed E-state index contributed by atoms with van der Waals surface area (Å²) in [5.41, 5.74) is -0.196. The van der Waals surface area contributed by atoms with Crippen LogP contribution in [0.2, 0.25) is 0 Å². The lowest BCUT2D eigenvalue weighted by molar-refractivity contribution is -0.139. The molecule has 2 N–H and O–H groups in total. The molecule has 10 heteroatoms. The van der Waals surface area contributed by atoms with Crippen molar-refractivity contribution in [2.45, 2.75) is 44.4 Å². The summed E-state index contributed by atoms with van der Waals surface area (Å²) in [5, 5.41) is 7.95. The molecular formula is C29H31F4N5O. The summed E-state index contributed by atoms with van der Waals surface area (Å²) in [6.45, 7) is 1.28. The van der Waals surface area contributed by atoms with Crippen molar-refractivity contribution >= 4 is 22.7 Å². The highest BCUT2D eigenvalue weighted by Crippen LogP contribution is 2.35. The fourth-order valence-corrected chi connectivity index (χ4v) is 5.08. The monoisotopic (exact) mass is 541 g/mol. The first kappa shape index (κ1) is 26.9. The Bertz CT molecular complexity index is 1430. The summed E-state index contributed by atoms with van der Waals surface area (Å²) in [4.78, 5) is 11.5. The summed E-state index contributed by atoms with van der Waals surface area (Å²) in [6, 6.07) is 14.5. The highest BCUT2D eigenvalue weighted by molar-refractivity contribution is 5.90. The summed E-state index contributed by atoms with van der Waals surface area (Å²) in [5.74, 6) is 1.64. The van der Waals surface area contributed by atoms with Gasteiger partial charge in [-0.3, -0.25) is 0 Å². The van der Waals surface area contributed by atoms with Crippen LogP contribution in [-0.2, 0) is 12.7 Å². The minimum absolute atomic E-state index is 0.189. The Morgan fingerprint density at radius 1 is 0.974 bits per heavy atom. The number of anilines is 2. The van der Waals surface area contributed by atoms with Crippen molar-refractivity contribution in [3.63, 3.8) is 0 Å². The largest absolute Gasteiger partial charge is 0.460 e. The van der Waals surface area contributed by atoms with Gasteiger partial charge in [-0.05, 0) is 80.6 Å². The van der Waals surface area contributed by atoms with Gasteiger partial charge in [0.05, 0.1) is 17.6 Å². The Morgan fingerprint density at radius 2 is 1.74 bits per heavy atom. The molecule has 1 fully saturated rings. The number of benzene rings is 2. The fraction of sp³-hybridized carbons (Fsp3) is 0.379. The Morgan fingerprint density at radius 3 is 2.49 bits per heavy atom. The van der Waals surface area contributed by atoms with Gasteiger partial charge in [0.25, 0.3) is 0 Å². The van der Waals surface area contributed by atoms with Crippen molar-refractivity contribution in [3.8, 4) is 11.3 Å². The van der Waals surface area contributed by atoms with E-state index in [0.717, 1.165) is 61.1 Å². The van der Waals surface area contributed by atoms with Gasteiger partial charge in [0, 0.05) is 31.1 Å². The molecule has 0 radical (unpaired) electrons. The SMILES string of the molecule is CN(C)c1nc(N[C@H]2CC[C@@H](CNCc3ccc(-c4ccc(F)c(C(F)(F)F)c4)o3)CC2)nc2ccccc12. The van der Waals surface area contributed by atoms with E-state index in [1.807, 2.05) is 43.3 Å². The van der Waals surface area contributed by atoms with Crippen molar-refractivity contribution in [2.24, 2.45) is 5.92 Å². The molecule has 1 aliphatic carbocycles. The van der Waals surface area contributed by atoms with Crippen LogP contribution >= 0.6 is 0 Å². The molecule has 4 aromatic rings. The minimum atomic E-state index is -4.76. The van der Waals surface area contributed by atoms with Gasteiger partial charge in [-0.1, -0.05) is 12.1 Å². The Labute approximate surface area is 224 Å². The number of para-hydroxylation sites is 1. The number of furan rings is 1. The maximum atomic E-state index is 13.6. The van der Waals surface area contributed by atoms with E-state index in [1.165, 1.54) is 6.07 Å². The lowest BCUT2D eigenvalue weighted by atomic mass is 9.86. The molecule has 6 nitrogen and oxygen atoms in total. The Kier molecular flexibility index (Phi) is 7.74. The normalized spacial score (nSPS) is 17.9. The first-order chi connectivity index (χ1) is 18.7. The number of halogens is 4. The number of rotatable bonds is 8. The third-order valence-corrected chi connectivity index (χ3v) is 7.14. The molecule has 0 amide bonds. The zero-order chi connectivity index (χ0) is 27.6. The van der Waals surface area contributed by atoms with Crippen LogP contribution < -0.4 is 15.5 Å². The molecule has 0 atom stereocenters. The minimum Gasteiger partial charge on any atom is -0.460 e. The number of alkyl halides is 3. The van der Waals surface area contributed by atoms with E-state index in [4.69, 9.17) is 14.4 Å². The van der Waals surface area contributed by atoms with E-state index < -0.39 is 17.6 Å². The molecule has 1 aliphatic rings. The smallest absolute Gasteiger partial charge is 0.419 e. The maximum absolute atomic E-state index is 13.6. The molecule has 0 aliphatic heterocycles. The zero-order valence-electron chi connectivity index (χ0n) is 21.9. The maximum Gasteiger partial charge on any atom is 0.419 e. The van der Waals surface area contributed by atoms with E-state index in [9.17, 15) is 17.6 Å². The molecule has 2 aromatic heterocycles. The summed E-state index contributed by atoms with van der Waals surface area (Å²) in [7, 11) is 3.96. The van der Waals surface area contributed by atoms with Gasteiger partial charge in [-0.15, -0.1) is 0 Å². The number of nitrogens with one attached hydrogen (secondary N) is 2. The van der Waals surface area contributed by atoms with Gasteiger partial charge < -0.3 is 20.0 Å². The quantitative estimate of drug-likeness (QED) is 0.237. The standard InChI is InChI=1S/C29H31F4N5O/c1-38(2)27-22-5-3-4-6-25(22)36-28(37-27)35-20-10-7-18(8-11-20)16-34-17-21-12-14-26(39-21)19-9-13-24(30)23(15-19)29(31,32)33/h3-6,9,12-15,18,20,34H,7-8,10-11,16-17H2,1-2H3,(H,35,36,37)/t18-,20+. The van der Waals surface area contributed by atoms with Gasteiger partial charge in [-0.2, -0.15) is 18.2 Å². The van der Waals surface area contributed by atoms with Gasteiger partial charge in [-0.25, -0.2) is 9.37 Å². The van der Waals surface area contributed by atoms with Gasteiger partial charge >= 0.3 is 6.18 Å². The third-order valence-electron chi connectivity index (χ3n) is 7.14. The van der Waals surface area contributed by atoms with Gasteiger partial charge in [0.2, 0.25) is 5.95 Å². The van der Waals surface area contributed by atoms with Crippen LogP contribution in [0.5, 0.6) is 0 Å². The fourth-order valence-electron chi connectivity index (χ4n) is 5.08. The van der Waals surface area contributed by atoms with Crippen molar-refractivity contribution in [1.29, 1.82) is 0 Å². The van der Waals surface area contributed by atoms with Gasteiger partial charge in [0.15, 0.2) is 0 Å². The molecule has 0 saturated heterocycles. The lowest BCUT2D eigenvalue weighted by Gasteiger charge is -2.29. The van der Waals surface area contributed by atoms with Crippen LogP contribution in [0.15, 0.2) is 59.0 Å². The average Bonchev–Trinajstić information content (AvgIpc) is 3.37. The number of hydrogen-bond donors (Lipinski definition) is 2. The predicted molar refractivity (Wildman–Crippen MR) is 144 cm³/mol. The first-order valence-corrected chi connectivity index (χ1v) is 13.0. The van der Waals surface area contributed by atoms with Crippen LogP contribution in [0.4, 0.5) is 29.3 Å². The molecule has 1 saturated carbocycles. The van der Waals surface area contributed by atoms with Crippen LogP contribution in [-0.4, -0.2) is 36.6 Å². The molecule has 2 heterocycles. The Balaban J connectivity index is 1.11. The summed E-state index contributed by atoms with van der Waals surface area (Å²) < 4.78 is 58.4. The second-order valence-electron chi connectivity index (χ2n) is 10.2. The van der Waals surface area contributed by atoms with Crippen molar-refractivity contribution in [1.82, 2.24) is 15.3 Å². The topological polar surface area (TPSA) is 66.2 Å². The first-order valence-electron chi connectivity index (χ1n) is 13.0. The van der Waals surface area contributed by atoms with Gasteiger partial charge in [0.1, 0.15) is 23.2 Å². The second kappa shape index (κ2) is 11.2. The van der Waals surface area contributed by atoms with Crippen molar-refractivity contribution < 1.29 is 22.0 Å². The van der Waals surface area contributed by atoms with Crippen LogP contribution in [0.25, 0.3) is 22.2 Å². The Hall–Kier alpha value is -3.66. The van der Waals surface area contributed by atoms with E-state index in [1.54, 1.807) is 12.1 Å². The highest BCUT2D eigenvalue weighted by atomic mass is 19.4. The van der Waals surface area contributed by atoms with Crippen molar-refractivity contribution in [3.05, 3.63) is 71.7 Å². The summed E-state index contributed by atoms with van der Waals surface area (Å²) in [6.07, 6.45) is -0.632. The van der Waals surface area contributed by atoms with E-state index in [2.05, 4.69) is 10.6 Å². The number of aromatic nitrogens is 2. The molecular weight excluding hydrogens is 510 g/mol. The second-order valence-corrected chi connectivity index (χ2v) is 10.2. The van der Waals surface area contributed by atoms with Crippen LogP contribution in [0.3, 0.4) is 0 Å². The highest BCUT2D eigenvalue weighted by Gasteiger charge is 2.34. The zero-order valence-corrected chi connectivity index (χ0v) is 21.9. The van der Waals surface area contributed by atoms with Crippen molar-refractivity contribution in [2.75, 3.05) is 30.9 Å². The molecule has 5 rings (SSSR count). The molecule has 2 aromatic carbocycles. The van der Waals surface area contributed by atoms with Crippen LogP contribution in [0.1, 0.15) is 37.0 Å². The summed E-state index contributed by atoms with van der Waals surface area (Å²) >= 11 is 0. The van der Waals surface area contributed by atoms with Crippen LogP contribution in [0, 0.1) is 11.7 Å². The molecule has 0 bridgehead atoms. The number of nitrogens with zero attached hydrogens (tertiary/aromatic N) is 3. The van der Waals surface area contributed by atoms with E-state index in [0.29, 0.717) is 30.2 Å². The molecule has 0 unspecified atom stereocenters. The molecule has 39 heavy (non-hydrogen) atoms. The third kappa shape index (κ3) is 6.33. The lowest BCUT2D eigenvalue weighted by Crippen LogP contribution is -2.31.